The second-order valence-corrected chi connectivity index (χ2v) is 8.21. The molecule has 3 aromatic rings. The highest BCUT2D eigenvalue weighted by Crippen LogP contribution is 2.45. The first-order valence-corrected chi connectivity index (χ1v) is 9.05. The minimum absolute atomic E-state index is 0.434. The SMILES string of the molecule is C[C@H]1CC(Nc2ccc3ccccc3c2)c2ccsc2S1. The zero-order valence-corrected chi connectivity index (χ0v) is 13.5. The van der Waals surface area contributed by atoms with Crippen molar-refractivity contribution >= 4 is 39.6 Å². The largest absolute Gasteiger partial charge is 0.378 e. The molecule has 21 heavy (non-hydrogen) atoms. The van der Waals surface area contributed by atoms with Gasteiger partial charge in [0.25, 0.3) is 0 Å². The number of thiophene rings is 1. The van der Waals surface area contributed by atoms with Gasteiger partial charge in [0.15, 0.2) is 0 Å². The molecule has 0 spiro atoms. The summed E-state index contributed by atoms with van der Waals surface area (Å²) in [5.41, 5.74) is 2.69. The number of rotatable bonds is 2. The van der Waals surface area contributed by atoms with Gasteiger partial charge in [-0.2, -0.15) is 0 Å². The summed E-state index contributed by atoms with van der Waals surface area (Å²) in [5.74, 6) is 0. The minimum Gasteiger partial charge on any atom is -0.378 e. The van der Waals surface area contributed by atoms with Gasteiger partial charge in [-0.15, -0.1) is 23.1 Å². The minimum atomic E-state index is 0.434. The van der Waals surface area contributed by atoms with Crippen LogP contribution in [0.4, 0.5) is 5.69 Å². The van der Waals surface area contributed by atoms with E-state index in [2.05, 4.69) is 66.2 Å². The molecule has 0 radical (unpaired) electrons. The average molecular weight is 311 g/mol. The number of hydrogen-bond donors (Lipinski definition) is 1. The molecule has 106 valence electrons. The van der Waals surface area contributed by atoms with Crippen LogP contribution in [0.1, 0.15) is 24.9 Å². The van der Waals surface area contributed by atoms with E-state index >= 15 is 0 Å². The Bertz CT molecular complexity index is 777. The van der Waals surface area contributed by atoms with Crippen molar-refractivity contribution in [2.75, 3.05) is 5.32 Å². The van der Waals surface area contributed by atoms with E-state index in [9.17, 15) is 0 Å². The van der Waals surface area contributed by atoms with Gasteiger partial charge in [0, 0.05) is 10.9 Å². The Labute approximate surface area is 133 Å². The van der Waals surface area contributed by atoms with Crippen molar-refractivity contribution in [3.8, 4) is 0 Å². The maximum Gasteiger partial charge on any atom is 0.0653 e. The van der Waals surface area contributed by atoms with Crippen molar-refractivity contribution in [3.63, 3.8) is 0 Å². The highest BCUT2D eigenvalue weighted by molar-refractivity contribution is 8.01. The fraction of sp³-hybridized carbons (Fsp3) is 0.222. The van der Waals surface area contributed by atoms with Crippen LogP contribution in [-0.4, -0.2) is 5.25 Å². The molecule has 4 rings (SSSR count). The lowest BCUT2D eigenvalue weighted by molar-refractivity contribution is 0.670. The zero-order valence-electron chi connectivity index (χ0n) is 11.9. The van der Waals surface area contributed by atoms with Crippen molar-refractivity contribution in [1.29, 1.82) is 0 Å². The first kappa shape index (κ1) is 13.2. The third kappa shape index (κ3) is 2.56. The van der Waals surface area contributed by atoms with Crippen LogP contribution in [0.5, 0.6) is 0 Å². The summed E-state index contributed by atoms with van der Waals surface area (Å²) in [7, 11) is 0. The quantitative estimate of drug-likeness (QED) is 0.628. The van der Waals surface area contributed by atoms with E-state index in [4.69, 9.17) is 0 Å². The summed E-state index contributed by atoms with van der Waals surface area (Å²) < 4.78 is 1.48. The van der Waals surface area contributed by atoms with Gasteiger partial charge in [-0.3, -0.25) is 0 Å². The summed E-state index contributed by atoms with van der Waals surface area (Å²) in [5, 5.41) is 9.22. The summed E-state index contributed by atoms with van der Waals surface area (Å²) in [6.45, 7) is 2.32. The van der Waals surface area contributed by atoms with Crippen LogP contribution < -0.4 is 5.32 Å². The van der Waals surface area contributed by atoms with Crippen molar-refractivity contribution in [3.05, 3.63) is 59.5 Å². The highest BCUT2D eigenvalue weighted by atomic mass is 32.2. The van der Waals surface area contributed by atoms with Gasteiger partial charge in [0.05, 0.1) is 10.3 Å². The summed E-state index contributed by atoms with van der Waals surface area (Å²) in [4.78, 5) is 0. The molecule has 1 N–H and O–H groups in total. The molecule has 0 fully saturated rings. The Morgan fingerprint density at radius 1 is 1.05 bits per heavy atom. The van der Waals surface area contributed by atoms with Crippen LogP contribution in [-0.2, 0) is 0 Å². The lowest BCUT2D eigenvalue weighted by atomic mass is 10.0. The molecule has 0 amide bonds. The summed E-state index contributed by atoms with van der Waals surface area (Å²) in [6, 6.07) is 17.9. The molecule has 1 nitrogen and oxygen atoms in total. The molecule has 3 heteroatoms. The number of thioether (sulfide) groups is 1. The maximum atomic E-state index is 3.74. The number of fused-ring (bicyclic) bond motifs is 2. The number of benzene rings is 2. The van der Waals surface area contributed by atoms with Gasteiger partial charge in [0.2, 0.25) is 0 Å². The lowest BCUT2D eigenvalue weighted by Gasteiger charge is -2.28. The fourth-order valence-corrected chi connectivity index (χ4v) is 5.53. The average Bonchev–Trinajstić information content (AvgIpc) is 2.95. The first-order valence-electron chi connectivity index (χ1n) is 7.29. The summed E-state index contributed by atoms with van der Waals surface area (Å²) >= 11 is 3.88. The van der Waals surface area contributed by atoms with E-state index in [0.717, 1.165) is 0 Å². The molecule has 1 aliphatic heterocycles. The van der Waals surface area contributed by atoms with Crippen LogP contribution in [0.25, 0.3) is 10.8 Å². The van der Waals surface area contributed by atoms with E-state index < -0.39 is 0 Å². The monoisotopic (exact) mass is 311 g/mol. The van der Waals surface area contributed by atoms with Crippen LogP contribution in [0.15, 0.2) is 58.1 Å². The van der Waals surface area contributed by atoms with E-state index in [1.54, 1.807) is 0 Å². The Kier molecular flexibility index (Phi) is 3.40. The predicted molar refractivity (Wildman–Crippen MR) is 94.6 cm³/mol. The highest BCUT2D eigenvalue weighted by Gasteiger charge is 2.26. The van der Waals surface area contributed by atoms with Crippen LogP contribution in [0.2, 0.25) is 0 Å². The second kappa shape index (κ2) is 5.39. The molecule has 1 aromatic heterocycles. The molecule has 0 aliphatic carbocycles. The molecule has 1 unspecified atom stereocenters. The van der Waals surface area contributed by atoms with Gasteiger partial charge in [0.1, 0.15) is 0 Å². The van der Waals surface area contributed by atoms with E-state index in [0.29, 0.717) is 11.3 Å². The number of anilines is 1. The van der Waals surface area contributed by atoms with E-state index in [1.165, 1.54) is 32.7 Å². The molecule has 2 aromatic carbocycles. The smallest absolute Gasteiger partial charge is 0.0653 e. The normalized spacial score (nSPS) is 21.2. The Balaban J connectivity index is 1.66. The molecule has 2 heterocycles. The molecule has 2 atom stereocenters. The number of nitrogens with one attached hydrogen (secondary N) is 1. The van der Waals surface area contributed by atoms with Gasteiger partial charge >= 0.3 is 0 Å². The van der Waals surface area contributed by atoms with Crippen LogP contribution >= 0.6 is 23.1 Å². The van der Waals surface area contributed by atoms with Crippen LogP contribution in [0, 0.1) is 0 Å². The second-order valence-electron chi connectivity index (χ2n) is 5.59. The van der Waals surface area contributed by atoms with Crippen molar-refractivity contribution in [1.82, 2.24) is 0 Å². The lowest BCUT2D eigenvalue weighted by Crippen LogP contribution is -2.18. The molecule has 0 saturated heterocycles. The molecule has 0 saturated carbocycles. The molecular formula is C18H17NS2. The topological polar surface area (TPSA) is 12.0 Å². The van der Waals surface area contributed by atoms with Gasteiger partial charge in [-0.25, -0.2) is 0 Å². The fourth-order valence-electron chi connectivity index (χ4n) is 2.97. The van der Waals surface area contributed by atoms with Crippen LogP contribution in [0.3, 0.4) is 0 Å². The van der Waals surface area contributed by atoms with Gasteiger partial charge in [-0.1, -0.05) is 37.3 Å². The summed E-state index contributed by atoms with van der Waals surface area (Å²) in [6.07, 6.45) is 1.18. The Morgan fingerprint density at radius 2 is 1.90 bits per heavy atom. The predicted octanol–water partition coefficient (Wildman–Crippen LogP) is 5.94. The zero-order chi connectivity index (χ0) is 14.2. The van der Waals surface area contributed by atoms with Crippen molar-refractivity contribution in [2.24, 2.45) is 0 Å². The molecular weight excluding hydrogens is 294 g/mol. The van der Waals surface area contributed by atoms with Gasteiger partial charge in [-0.05, 0) is 46.3 Å². The molecule has 1 aliphatic rings. The van der Waals surface area contributed by atoms with Gasteiger partial charge < -0.3 is 5.32 Å². The molecule has 0 bridgehead atoms. The van der Waals surface area contributed by atoms with E-state index in [1.807, 2.05) is 23.1 Å². The van der Waals surface area contributed by atoms with Crippen molar-refractivity contribution in [2.45, 2.75) is 28.8 Å². The standard InChI is InChI=1S/C18H17NS2/c1-12-10-17(16-8-9-20-18(16)21-12)19-15-7-6-13-4-2-3-5-14(13)11-15/h2-9,11-12,17,19H,10H2,1H3/t12-,17?/m0/s1. The maximum absolute atomic E-state index is 3.74. The number of hydrogen-bond acceptors (Lipinski definition) is 3. The third-order valence-electron chi connectivity index (χ3n) is 4.00. The van der Waals surface area contributed by atoms with Crippen molar-refractivity contribution < 1.29 is 0 Å². The Hall–Kier alpha value is -1.45. The first-order chi connectivity index (χ1) is 10.3. The Morgan fingerprint density at radius 3 is 2.81 bits per heavy atom. The van der Waals surface area contributed by atoms with E-state index in [-0.39, 0.29) is 0 Å². The third-order valence-corrected chi connectivity index (χ3v) is 6.34.